The Morgan fingerprint density at radius 1 is 1.71 bits per heavy atom. The van der Waals surface area contributed by atoms with Gasteiger partial charge in [-0.3, -0.25) is 14.9 Å². The standard InChI is InChI=1S/C12H18N2O3/c1-2-8-3-9-5-12(6-11(13)15,7-14(16)17)10(9)4-8/h4,9-10H,2-3,5-7H2,1H3,(H2,13,15)/t9-,10?,12+/m1/s1. The lowest BCUT2D eigenvalue weighted by Crippen LogP contribution is -2.51. The topological polar surface area (TPSA) is 86.2 Å². The van der Waals surface area contributed by atoms with Crippen molar-refractivity contribution in [1.29, 1.82) is 0 Å². The zero-order valence-corrected chi connectivity index (χ0v) is 10.0. The van der Waals surface area contributed by atoms with Crippen LogP contribution < -0.4 is 5.73 Å². The lowest BCUT2D eigenvalue weighted by molar-refractivity contribution is -0.505. The van der Waals surface area contributed by atoms with Crippen LogP contribution in [0.2, 0.25) is 0 Å². The summed E-state index contributed by atoms with van der Waals surface area (Å²) < 4.78 is 0. The van der Waals surface area contributed by atoms with Gasteiger partial charge < -0.3 is 5.73 Å². The van der Waals surface area contributed by atoms with Gasteiger partial charge in [0, 0.05) is 11.3 Å². The van der Waals surface area contributed by atoms with Gasteiger partial charge in [0.15, 0.2) is 0 Å². The van der Waals surface area contributed by atoms with E-state index >= 15 is 0 Å². The molecule has 1 unspecified atom stereocenters. The van der Waals surface area contributed by atoms with Gasteiger partial charge in [0.25, 0.3) is 0 Å². The third-order valence-electron chi connectivity index (χ3n) is 4.25. The largest absolute Gasteiger partial charge is 0.370 e. The third kappa shape index (κ3) is 2.06. The minimum Gasteiger partial charge on any atom is -0.370 e. The Morgan fingerprint density at radius 2 is 2.41 bits per heavy atom. The first-order valence-electron chi connectivity index (χ1n) is 6.06. The van der Waals surface area contributed by atoms with Crippen molar-refractivity contribution in [3.8, 4) is 0 Å². The minimum absolute atomic E-state index is 0.134. The summed E-state index contributed by atoms with van der Waals surface area (Å²) in [5.74, 6) is 0.267. The van der Waals surface area contributed by atoms with Gasteiger partial charge >= 0.3 is 0 Å². The molecule has 0 aliphatic heterocycles. The molecule has 2 rings (SSSR count). The maximum absolute atomic E-state index is 11.1. The number of carbonyl (C=O) groups excluding carboxylic acids is 1. The van der Waals surface area contributed by atoms with Crippen LogP contribution in [0, 0.1) is 27.4 Å². The smallest absolute Gasteiger partial charge is 0.218 e. The zero-order valence-electron chi connectivity index (χ0n) is 10.0. The van der Waals surface area contributed by atoms with Gasteiger partial charge in [0.05, 0.1) is 5.41 Å². The molecule has 0 heterocycles. The van der Waals surface area contributed by atoms with E-state index < -0.39 is 11.3 Å². The van der Waals surface area contributed by atoms with Crippen LogP contribution >= 0.6 is 0 Å². The van der Waals surface area contributed by atoms with E-state index in [1.807, 2.05) is 0 Å². The van der Waals surface area contributed by atoms with Gasteiger partial charge in [-0.1, -0.05) is 18.6 Å². The van der Waals surface area contributed by atoms with Gasteiger partial charge in [0.2, 0.25) is 12.5 Å². The lowest BCUT2D eigenvalue weighted by atomic mass is 9.53. The van der Waals surface area contributed by atoms with Crippen LogP contribution in [-0.4, -0.2) is 17.4 Å². The summed E-state index contributed by atoms with van der Waals surface area (Å²) in [5.41, 5.74) is 6.10. The fourth-order valence-corrected chi connectivity index (χ4v) is 3.58. The number of hydrogen-bond donors (Lipinski definition) is 1. The first kappa shape index (κ1) is 12.1. The van der Waals surface area contributed by atoms with Crippen LogP contribution in [0.1, 0.15) is 32.6 Å². The lowest BCUT2D eigenvalue weighted by Gasteiger charge is -2.49. The summed E-state index contributed by atoms with van der Waals surface area (Å²) in [6, 6.07) is 0. The highest BCUT2D eigenvalue weighted by Crippen LogP contribution is 2.60. The first-order valence-corrected chi connectivity index (χ1v) is 6.06. The molecular formula is C12H18N2O3. The fourth-order valence-electron chi connectivity index (χ4n) is 3.58. The van der Waals surface area contributed by atoms with E-state index in [2.05, 4.69) is 13.0 Å². The Morgan fingerprint density at radius 3 is 2.94 bits per heavy atom. The second-order valence-electron chi connectivity index (χ2n) is 5.37. The molecule has 2 aliphatic rings. The van der Waals surface area contributed by atoms with Gasteiger partial charge in [-0.05, 0) is 31.1 Å². The molecule has 5 nitrogen and oxygen atoms in total. The molecule has 1 amide bonds. The van der Waals surface area contributed by atoms with E-state index in [4.69, 9.17) is 5.73 Å². The highest BCUT2D eigenvalue weighted by atomic mass is 16.6. The molecule has 2 aliphatic carbocycles. The second kappa shape index (κ2) is 4.13. The summed E-state index contributed by atoms with van der Waals surface area (Å²) in [7, 11) is 0. The summed E-state index contributed by atoms with van der Waals surface area (Å²) in [4.78, 5) is 21.6. The number of carbonyl (C=O) groups is 1. The van der Waals surface area contributed by atoms with Gasteiger partial charge in [-0.15, -0.1) is 0 Å². The van der Waals surface area contributed by atoms with E-state index in [9.17, 15) is 14.9 Å². The van der Waals surface area contributed by atoms with Crippen LogP contribution in [0.3, 0.4) is 0 Å². The maximum Gasteiger partial charge on any atom is 0.218 e. The van der Waals surface area contributed by atoms with Crippen LogP contribution in [0.5, 0.6) is 0 Å². The van der Waals surface area contributed by atoms with Crippen molar-refractivity contribution >= 4 is 5.91 Å². The van der Waals surface area contributed by atoms with Crippen molar-refractivity contribution in [3.05, 3.63) is 21.8 Å². The van der Waals surface area contributed by atoms with Crippen molar-refractivity contribution < 1.29 is 9.72 Å². The van der Waals surface area contributed by atoms with Crippen LogP contribution in [0.15, 0.2) is 11.6 Å². The molecule has 0 radical (unpaired) electrons. The van der Waals surface area contributed by atoms with E-state index in [0.717, 1.165) is 19.3 Å². The van der Waals surface area contributed by atoms with E-state index in [1.54, 1.807) is 0 Å². The number of primary amides is 1. The number of hydrogen-bond acceptors (Lipinski definition) is 3. The molecular weight excluding hydrogens is 220 g/mol. The van der Waals surface area contributed by atoms with Crippen molar-refractivity contribution in [3.63, 3.8) is 0 Å². The third-order valence-corrected chi connectivity index (χ3v) is 4.25. The second-order valence-corrected chi connectivity index (χ2v) is 5.37. The number of amides is 1. The SMILES string of the molecule is CCC1=CC2[C@H](C1)C[C@]2(CC(N)=O)C[N+](=O)[O-]. The van der Waals surface area contributed by atoms with Crippen molar-refractivity contribution in [2.75, 3.05) is 6.54 Å². The maximum atomic E-state index is 11.1. The molecule has 5 heteroatoms. The summed E-state index contributed by atoms with van der Waals surface area (Å²) in [6.07, 6.45) is 5.10. The monoisotopic (exact) mass is 238 g/mol. The van der Waals surface area contributed by atoms with E-state index in [0.29, 0.717) is 5.92 Å². The fraction of sp³-hybridized carbons (Fsp3) is 0.750. The average molecular weight is 238 g/mol. The van der Waals surface area contributed by atoms with Crippen LogP contribution in [-0.2, 0) is 4.79 Å². The van der Waals surface area contributed by atoms with Crippen molar-refractivity contribution in [2.24, 2.45) is 23.0 Å². The predicted molar refractivity (Wildman–Crippen MR) is 62.7 cm³/mol. The molecule has 17 heavy (non-hydrogen) atoms. The molecule has 3 atom stereocenters. The van der Waals surface area contributed by atoms with Crippen molar-refractivity contribution in [2.45, 2.75) is 32.6 Å². The summed E-state index contributed by atoms with van der Waals surface area (Å²) >= 11 is 0. The van der Waals surface area contributed by atoms with Crippen LogP contribution in [0.4, 0.5) is 0 Å². The summed E-state index contributed by atoms with van der Waals surface area (Å²) in [5, 5.41) is 10.8. The Hall–Kier alpha value is -1.39. The average Bonchev–Trinajstić information content (AvgIpc) is 2.54. The quantitative estimate of drug-likeness (QED) is 0.447. The van der Waals surface area contributed by atoms with E-state index in [1.165, 1.54) is 5.57 Å². The molecule has 0 aromatic rings. The number of allylic oxidation sites excluding steroid dienone is 2. The Balaban J connectivity index is 2.17. The number of nitrogens with zero attached hydrogens (tertiary/aromatic N) is 1. The highest BCUT2D eigenvalue weighted by molar-refractivity contribution is 5.75. The molecule has 0 bridgehead atoms. The number of nitrogens with two attached hydrogens (primary N) is 1. The molecule has 1 saturated carbocycles. The van der Waals surface area contributed by atoms with Gasteiger partial charge in [-0.2, -0.15) is 0 Å². The first-order chi connectivity index (χ1) is 7.97. The summed E-state index contributed by atoms with van der Waals surface area (Å²) in [6.45, 7) is 1.96. The molecule has 0 aromatic heterocycles. The molecule has 0 spiro atoms. The Labute approximate surface area is 100 Å². The predicted octanol–water partition coefficient (Wildman–Crippen LogP) is 1.50. The Bertz CT molecular complexity index is 373. The van der Waals surface area contributed by atoms with Gasteiger partial charge in [0.1, 0.15) is 0 Å². The molecule has 0 saturated heterocycles. The molecule has 94 valence electrons. The molecule has 2 N–H and O–H groups in total. The molecule has 0 aromatic carbocycles. The number of rotatable bonds is 5. The zero-order chi connectivity index (χ0) is 12.6. The number of nitro groups is 1. The van der Waals surface area contributed by atoms with Crippen molar-refractivity contribution in [1.82, 2.24) is 0 Å². The Kier molecular flexibility index (Phi) is 2.93. The normalized spacial score (nSPS) is 34.8. The minimum atomic E-state index is -0.503. The van der Waals surface area contributed by atoms with E-state index in [-0.39, 0.29) is 23.8 Å². The molecule has 1 fully saturated rings. The highest BCUT2D eigenvalue weighted by Gasteiger charge is 2.58. The van der Waals surface area contributed by atoms with Crippen LogP contribution in [0.25, 0.3) is 0 Å². The number of fused-ring (bicyclic) bond motifs is 1. The van der Waals surface area contributed by atoms with Gasteiger partial charge in [-0.25, -0.2) is 0 Å².